The van der Waals surface area contributed by atoms with Gasteiger partial charge in [-0.1, -0.05) is 0 Å². The molecule has 0 radical (unpaired) electrons. The van der Waals surface area contributed by atoms with Crippen molar-refractivity contribution in [3.8, 4) is 0 Å². The molecular weight excluding hydrogens is 326 g/mol. The second kappa shape index (κ2) is 7.72. The first-order valence-electron chi connectivity index (χ1n) is 7.61. The van der Waals surface area contributed by atoms with Crippen molar-refractivity contribution < 1.29 is 44.2 Å². The van der Waals surface area contributed by atoms with Gasteiger partial charge in [-0.15, -0.1) is 0 Å². The third kappa shape index (κ3) is 3.68. The largest absolute Gasteiger partial charge is 0.467 e. The molecular formula is C14H23NO9. The van der Waals surface area contributed by atoms with Gasteiger partial charge in [0.2, 0.25) is 5.91 Å². The molecule has 2 rings (SSSR count). The van der Waals surface area contributed by atoms with Crippen LogP contribution in [0.1, 0.15) is 13.3 Å². The Balaban J connectivity index is 2.05. The van der Waals surface area contributed by atoms with Crippen LogP contribution in [0.2, 0.25) is 0 Å². The Morgan fingerprint density at radius 1 is 1.21 bits per heavy atom. The molecule has 0 bridgehead atoms. The lowest BCUT2D eigenvalue weighted by Crippen LogP contribution is -2.59. The zero-order chi connectivity index (χ0) is 18.0. The maximum atomic E-state index is 11.8. The lowest BCUT2D eigenvalue weighted by atomic mass is 9.99. The monoisotopic (exact) mass is 349 g/mol. The molecule has 138 valence electrons. The van der Waals surface area contributed by atoms with Gasteiger partial charge in [0.05, 0.1) is 19.8 Å². The minimum Gasteiger partial charge on any atom is -0.467 e. The third-order valence-corrected chi connectivity index (χ3v) is 4.32. The maximum Gasteiger partial charge on any atom is 0.328 e. The minimum atomic E-state index is -1.55. The second-order valence-corrected chi connectivity index (χ2v) is 5.90. The summed E-state index contributed by atoms with van der Waals surface area (Å²) in [5, 5.41) is 38.6. The number of hydrogen-bond donors (Lipinski definition) is 4. The first-order valence-corrected chi connectivity index (χ1v) is 7.61. The van der Waals surface area contributed by atoms with E-state index >= 15 is 0 Å². The van der Waals surface area contributed by atoms with Gasteiger partial charge in [-0.05, 0) is 0 Å². The van der Waals surface area contributed by atoms with E-state index in [0.717, 1.165) is 0 Å². The third-order valence-electron chi connectivity index (χ3n) is 4.32. The Morgan fingerprint density at radius 2 is 1.88 bits per heavy atom. The van der Waals surface area contributed by atoms with E-state index < -0.39 is 55.4 Å². The van der Waals surface area contributed by atoms with Crippen molar-refractivity contribution in [2.24, 2.45) is 0 Å². The van der Waals surface area contributed by atoms with E-state index in [0.29, 0.717) is 0 Å². The number of ether oxygens (including phenoxy) is 3. The number of rotatable bonds is 4. The standard InChI is InChI=1S/C14H23NO9/c1-6(17)15-4-7(3-8(15)13(21)22-2)23-14-12(20)11(19)10(18)9(5-16)24-14/h7-12,14,16,18-20H,3-5H2,1-2H3/t7-,8+,9-,10+,11+,12-,14+/m1/s1. The fraction of sp³-hybridized carbons (Fsp3) is 0.857. The number of hydrogen-bond acceptors (Lipinski definition) is 9. The Kier molecular flexibility index (Phi) is 6.12. The number of amides is 1. The van der Waals surface area contributed by atoms with Crippen LogP contribution >= 0.6 is 0 Å². The van der Waals surface area contributed by atoms with E-state index in [1.165, 1.54) is 18.9 Å². The summed E-state index contributed by atoms with van der Waals surface area (Å²) in [7, 11) is 1.21. The van der Waals surface area contributed by atoms with Crippen LogP contribution in [0.25, 0.3) is 0 Å². The highest BCUT2D eigenvalue weighted by atomic mass is 16.7. The lowest BCUT2D eigenvalue weighted by Gasteiger charge is -2.40. The van der Waals surface area contributed by atoms with Gasteiger partial charge >= 0.3 is 5.97 Å². The molecule has 0 aromatic rings. The van der Waals surface area contributed by atoms with Crippen molar-refractivity contribution in [1.29, 1.82) is 0 Å². The number of carbonyl (C=O) groups is 2. The van der Waals surface area contributed by atoms with Crippen LogP contribution in [0.5, 0.6) is 0 Å². The number of nitrogens with zero attached hydrogens (tertiary/aromatic N) is 1. The van der Waals surface area contributed by atoms with Gasteiger partial charge in [-0.3, -0.25) is 4.79 Å². The van der Waals surface area contributed by atoms with E-state index in [-0.39, 0.29) is 18.9 Å². The molecule has 7 atom stereocenters. The molecule has 2 heterocycles. The second-order valence-electron chi connectivity index (χ2n) is 5.90. The van der Waals surface area contributed by atoms with Crippen molar-refractivity contribution in [2.75, 3.05) is 20.3 Å². The number of aliphatic hydroxyl groups is 4. The molecule has 2 aliphatic heterocycles. The first-order chi connectivity index (χ1) is 11.3. The molecule has 0 spiro atoms. The fourth-order valence-corrected chi connectivity index (χ4v) is 2.97. The van der Waals surface area contributed by atoms with Gasteiger partial charge in [0.25, 0.3) is 0 Å². The van der Waals surface area contributed by atoms with Crippen LogP contribution in [0.15, 0.2) is 0 Å². The molecule has 2 saturated heterocycles. The van der Waals surface area contributed by atoms with Crippen LogP contribution in [0, 0.1) is 0 Å². The van der Waals surface area contributed by atoms with E-state index in [9.17, 15) is 24.9 Å². The summed E-state index contributed by atoms with van der Waals surface area (Å²) in [6.07, 6.45) is -7.47. The average Bonchev–Trinajstić information content (AvgIpc) is 2.98. The average molecular weight is 349 g/mol. The van der Waals surface area contributed by atoms with E-state index in [1.807, 2.05) is 0 Å². The number of methoxy groups -OCH3 is 1. The van der Waals surface area contributed by atoms with Crippen LogP contribution in [-0.2, 0) is 23.8 Å². The predicted molar refractivity (Wildman–Crippen MR) is 76.4 cm³/mol. The molecule has 2 aliphatic rings. The molecule has 0 saturated carbocycles. The summed E-state index contributed by atoms with van der Waals surface area (Å²) in [5.74, 6) is -0.907. The molecule has 1 amide bonds. The summed E-state index contributed by atoms with van der Waals surface area (Å²) in [4.78, 5) is 24.7. The van der Waals surface area contributed by atoms with Crippen molar-refractivity contribution in [3.63, 3.8) is 0 Å². The highest BCUT2D eigenvalue weighted by Crippen LogP contribution is 2.27. The Labute approximate surface area is 138 Å². The molecule has 10 nitrogen and oxygen atoms in total. The zero-order valence-corrected chi connectivity index (χ0v) is 13.4. The van der Waals surface area contributed by atoms with Gasteiger partial charge in [0.1, 0.15) is 30.5 Å². The predicted octanol–water partition coefficient (Wildman–Crippen LogP) is -3.03. The molecule has 10 heteroatoms. The smallest absolute Gasteiger partial charge is 0.328 e. The van der Waals surface area contributed by atoms with E-state index in [1.54, 1.807) is 0 Å². The summed E-state index contributed by atoms with van der Waals surface area (Å²) in [5.41, 5.74) is 0. The molecule has 24 heavy (non-hydrogen) atoms. The molecule has 0 aromatic carbocycles. The Morgan fingerprint density at radius 3 is 2.42 bits per heavy atom. The van der Waals surface area contributed by atoms with E-state index in [2.05, 4.69) is 4.74 Å². The number of likely N-dealkylation sites (tertiary alicyclic amines) is 1. The minimum absolute atomic E-state index is 0.0874. The molecule has 0 aliphatic carbocycles. The van der Waals surface area contributed by atoms with Crippen molar-refractivity contribution in [2.45, 2.75) is 56.2 Å². The van der Waals surface area contributed by atoms with Gasteiger partial charge < -0.3 is 39.5 Å². The number of esters is 1. The van der Waals surface area contributed by atoms with Gasteiger partial charge in [-0.25, -0.2) is 4.79 Å². The topological polar surface area (TPSA) is 146 Å². The van der Waals surface area contributed by atoms with Crippen LogP contribution < -0.4 is 0 Å². The first kappa shape index (κ1) is 19.0. The SMILES string of the molecule is COC(=O)[C@@H]1C[C@@H](O[C@H]2O[C@H](CO)[C@H](O)[C@H](O)[C@H]2O)CN1C(C)=O. The summed E-state index contributed by atoms with van der Waals surface area (Å²) >= 11 is 0. The fourth-order valence-electron chi connectivity index (χ4n) is 2.97. The molecule has 0 aromatic heterocycles. The van der Waals surface area contributed by atoms with Gasteiger partial charge in [0.15, 0.2) is 6.29 Å². The van der Waals surface area contributed by atoms with Crippen LogP contribution in [-0.4, -0.2) is 100 Å². The Bertz CT molecular complexity index is 471. The molecule has 2 fully saturated rings. The summed E-state index contributed by atoms with van der Waals surface area (Å²) in [6, 6.07) is -0.803. The normalized spacial score (nSPS) is 39.8. The Hall–Kier alpha value is -1.30. The van der Waals surface area contributed by atoms with Crippen molar-refractivity contribution >= 4 is 11.9 Å². The lowest BCUT2D eigenvalue weighted by molar-refractivity contribution is -0.310. The van der Waals surface area contributed by atoms with Crippen molar-refractivity contribution in [3.05, 3.63) is 0 Å². The van der Waals surface area contributed by atoms with E-state index in [4.69, 9.17) is 14.6 Å². The summed E-state index contributed by atoms with van der Waals surface area (Å²) in [6.45, 7) is 0.829. The summed E-state index contributed by atoms with van der Waals surface area (Å²) < 4.78 is 15.5. The highest BCUT2D eigenvalue weighted by Gasteiger charge is 2.47. The number of carbonyl (C=O) groups excluding carboxylic acids is 2. The molecule has 0 unspecified atom stereocenters. The van der Waals surface area contributed by atoms with Gasteiger partial charge in [0, 0.05) is 19.9 Å². The quantitative estimate of drug-likeness (QED) is 0.389. The zero-order valence-electron chi connectivity index (χ0n) is 13.4. The number of aliphatic hydroxyl groups excluding tert-OH is 4. The maximum absolute atomic E-state index is 11.8. The van der Waals surface area contributed by atoms with Crippen LogP contribution in [0.3, 0.4) is 0 Å². The molecule has 4 N–H and O–H groups in total. The highest BCUT2D eigenvalue weighted by molar-refractivity contribution is 5.84. The van der Waals surface area contributed by atoms with Crippen LogP contribution in [0.4, 0.5) is 0 Å². The van der Waals surface area contributed by atoms with Gasteiger partial charge in [-0.2, -0.15) is 0 Å². The van der Waals surface area contributed by atoms with Crippen molar-refractivity contribution in [1.82, 2.24) is 4.90 Å².